The number of pyridine rings is 1. The van der Waals surface area contributed by atoms with Crippen molar-refractivity contribution in [3.63, 3.8) is 0 Å². The highest BCUT2D eigenvalue weighted by molar-refractivity contribution is 6.27. The molecule has 0 bridgehead atoms. The molecule has 4 heterocycles. The molecule has 6 rings (SSSR count). The lowest BCUT2D eigenvalue weighted by Gasteiger charge is -2.39. The van der Waals surface area contributed by atoms with Crippen molar-refractivity contribution >= 4 is 28.0 Å². The number of aliphatic hydroxyl groups is 1. The van der Waals surface area contributed by atoms with Gasteiger partial charge in [-0.3, -0.25) is 14.6 Å². The first-order chi connectivity index (χ1) is 15.0. The van der Waals surface area contributed by atoms with Crippen LogP contribution in [0.25, 0.3) is 10.8 Å². The lowest BCUT2D eigenvalue weighted by Crippen LogP contribution is -2.54. The molecule has 0 radical (unpaired) electrons. The lowest BCUT2D eigenvalue weighted by molar-refractivity contribution is -0.137. The third kappa shape index (κ3) is 2.21. The van der Waals surface area contributed by atoms with Gasteiger partial charge in [0, 0.05) is 59.7 Å². The zero-order valence-electron chi connectivity index (χ0n) is 17.2. The second-order valence-electron chi connectivity index (χ2n) is 8.50. The monoisotopic (exact) mass is 418 g/mol. The SMILES string of the molecule is COC12C(CO)C3=C(C(=O)C(C)=C(Nc4cccc5cnccc45)C3=O)N1CC1NC12. The topological polar surface area (TPSA) is 114 Å². The maximum atomic E-state index is 13.7. The van der Waals surface area contributed by atoms with Gasteiger partial charge in [-0.25, -0.2) is 0 Å². The quantitative estimate of drug-likeness (QED) is 0.497. The molecule has 3 N–H and O–H groups in total. The van der Waals surface area contributed by atoms with Gasteiger partial charge in [0.1, 0.15) is 0 Å². The number of nitrogens with one attached hydrogen (secondary N) is 2. The molecule has 2 fully saturated rings. The Labute approximate surface area is 178 Å². The molecule has 0 spiro atoms. The molecule has 0 saturated carbocycles. The molecule has 8 nitrogen and oxygen atoms in total. The zero-order valence-corrected chi connectivity index (χ0v) is 17.2. The van der Waals surface area contributed by atoms with Crippen LogP contribution in [0, 0.1) is 5.92 Å². The molecule has 4 unspecified atom stereocenters. The van der Waals surface area contributed by atoms with Crippen molar-refractivity contribution in [2.24, 2.45) is 5.92 Å². The van der Waals surface area contributed by atoms with E-state index in [1.807, 2.05) is 29.2 Å². The van der Waals surface area contributed by atoms with Gasteiger partial charge in [0.05, 0.1) is 30.0 Å². The average molecular weight is 418 g/mol. The Bertz CT molecular complexity index is 1230. The fraction of sp³-hybridized carbons (Fsp3) is 0.348. The highest BCUT2D eigenvalue weighted by Crippen LogP contribution is 2.55. The number of aromatic nitrogens is 1. The standard InChI is InChI=1S/C23H22N4O4/c1-11-18(25-15-5-3-4-12-8-24-7-6-13(12)15)21(30)17-14(10-28)23(31-2)22-16(26-22)9-27(23)19(17)20(11)29/h3-8,14,16,22,25-26,28H,9-10H2,1-2H3. The van der Waals surface area contributed by atoms with Gasteiger partial charge in [-0.1, -0.05) is 12.1 Å². The van der Waals surface area contributed by atoms with E-state index in [1.54, 1.807) is 26.4 Å². The van der Waals surface area contributed by atoms with Gasteiger partial charge in [0.15, 0.2) is 5.72 Å². The number of fused-ring (bicyclic) bond motifs is 5. The molecule has 31 heavy (non-hydrogen) atoms. The molecule has 0 amide bonds. The number of ketones is 2. The van der Waals surface area contributed by atoms with Crippen molar-refractivity contribution in [1.29, 1.82) is 0 Å². The smallest absolute Gasteiger partial charge is 0.208 e. The number of carbonyl (C=O) groups is 2. The number of methoxy groups -OCH3 is 1. The molecular weight excluding hydrogens is 396 g/mol. The van der Waals surface area contributed by atoms with Gasteiger partial charge >= 0.3 is 0 Å². The average Bonchev–Trinajstić information content (AvgIpc) is 3.40. The van der Waals surface area contributed by atoms with Crippen LogP contribution in [0.1, 0.15) is 6.92 Å². The summed E-state index contributed by atoms with van der Waals surface area (Å²) in [5.41, 5.74) is 1.16. The summed E-state index contributed by atoms with van der Waals surface area (Å²) >= 11 is 0. The lowest BCUT2D eigenvalue weighted by atomic mass is 9.82. The number of rotatable bonds is 4. The van der Waals surface area contributed by atoms with E-state index >= 15 is 0 Å². The summed E-state index contributed by atoms with van der Waals surface area (Å²) in [6, 6.07) is 7.76. The molecule has 3 aliphatic heterocycles. The van der Waals surface area contributed by atoms with Gasteiger partial charge in [-0.2, -0.15) is 0 Å². The minimum Gasteiger partial charge on any atom is -0.396 e. The van der Waals surface area contributed by atoms with E-state index in [0.717, 1.165) is 16.5 Å². The van der Waals surface area contributed by atoms with Gasteiger partial charge in [0.25, 0.3) is 0 Å². The van der Waals surface area contributed by atoms with Crippen LogP contribution in [0.15, 0.2) is 59.2 Å². The zero-order chi connectivity index (χ0) is 21.5. The number of Topliss-reactive ketones (excluding diaryl/α,β-unsaturated/α-hetero) is 2. The van der Waals surface area contributed by atoms with Gasteiger partial charge in [-0.05, 0) is 19.1 Å². The first-order valence-corrected chi connectivity index (χ1v) is 10.4. The van der Waals surface area contributed by atoms with Gasteiger partial charge < -0.3 is 25.4 Å². The van der Waals surface area contributed by atoms with Crippen LogP contribution < -0.4 is 10.6 Å². The van der Waals surface area contributed by atoms with Crippen molar-refractivity contribution in [2.45, 2.75) is 24.7 Å². The minimum atomic E-state index is -0.907. The summed E-state index contributed by atoms with van der Waals surface area (Å²) in [5.74, 6) is -1.06. The van der Waals surface area contributed by atoms with Crippen molar-refractivity contribution in [2.75, 3.05) is 25.6 Å². The predicted octanol–water partition coefficient (Wildman–Crippen LogP) is 0.947. The molecule has 158 valence electrons. The third-order valence-electron chi connectivity index (χ3n) is 7.16. The highest BCUT2D eigenvalue weighted by Gasteiger charge is 2.72. The fourth-order valence-corrected chi connectivity index (χ4v) is 5.66. The summed E-state index contributed by atoms with van der Waals surface area (Å²) in [7, 11) is 1.58. The van der Waals surface area contributed by atoms with Gasteiger partial charge in [0.2, 0.25) is 11.6 Å². The maximum absolute atomic E-state index is 13.7. The largest absolute Gasteiger partial charge is 0.396 e. The molecule has 1 aromatic carbocycles. The summed E-state index contributed by atoms with van der Waals surface area (Å²) < 4.78 is 5.93. The van der Waals surface area contributed by atoms with E-state index in [0.29, 0.717) is 23.4 Å². The predicted molar refractivity (Wildman–Crippen MR) is 113 cm³/mol. The van der Waals surface area contributed by atoms with E-state index < -0.39 is 11.6 Å². The summed E-state index contributed by atoms with van der Waals surface area (Å²) in [6.45, 7) is 1.98. The number of hydrogen-bond donors (Lipinski definition) is 3. The van der Waals surface area contributed by atoms with Crippen molar-refractivity contribution in [3.8, 4) is 0 Å². The summed E-state index contributed by atoms with van der Waals surface area (Å²) in [6.07, 6.45) is 3.45. The summed E-state index contributed by atoms with van der Waals surface area (Å²) in [5, 5.41) is 18.7. The Morgan fingerprint density at radius 2 is 2.16 bits per heavy atom. The Morgan fingerprint density at radius 1 is 1.32 bits per heavy atom. The van der Waals surface area contributed by atoms with E-state index in [2.05, 4.69) is 15.6 Å². The van der Waals surface area contributed by atoms with Crippen LogP contribution in [-0.4, -0.2) is 64.6 Å². The number of carbonyl (C=O) groups excluding carboxylic acids is 2. The molecule has 8 heteroatoms. The molecule has 2 aromatic rings. The summed E-state index contributed by atoms with van der Waals surface area (Å²) in [4.78, 5) is 33.3. The molecule has 4 aliphatic rings. The number of allylic oxidation sites excluding steroid dienone is 2. The van der Waals surface area contributed by atoms with Gasteiger partial charge in [-0.15, -0.1) is 0 Å². The number of ether oxygens (including phenoxy) is 1. The molecule has 2 saturated heterocycles. The normalized spacial score (nSPS) is 31.3. The van der Waals surface area contributed by atoms with Crippen molar-refractivity contribution in [1.82, 2.24) is 15.2 Å². The maximum Gasteiger partial charge on any atom is 0.208 e. The number of anilines is 1. The Morgan fingerprint density at radius 3 is 2.94 bits per heavy atom. The first-order valence-electron chi connectivity index (χ1n) is 10.4. The number of nitrogens with zero attached hydrogens (tertiary/aromatic N) is 2. The van der Waals surface area contributed by atoms with Crippen molar-refractivity contribution < 1.29 is 19.4 Å². The van der Waals surface area contributed by atoms with E-state index in [-0.39, 0.29) is 36.0 Å². The van der Waals surface area contributed by atoms with Crippen LogP contribution in [0.5, 0.6) is 0 Å². The van der Waals surface area contributed by atoms with Crippen LogP contribution in [0.3, 0.4) is 0 Å². The minimum absolute atomic E-state index is 0.0110. The van der Waals surface area contributed by atoms with Crippen LogP contribution >= 0.6 is 0 Å². The second kappa shape index (κ2) is 6.23. The van der Waals surface area contributed by atoms with Crippen LogP contribution in [0.4, 0.5) is 5.69 Å². The third-order valence-corrected chi connectivity index (χ3v) is 7.16. The van der Waals surface area contributed by atoms with Crippen molar-refractivity contribution in [3.05, 3.63) is 59.2 Å². The second-order valence-corrected chi connectivity index (χ2v) is 8.50. The Hall–Kier alpha value is -3.07. The fourth-order valence-electron chi connectivity index (χ4n) is 5.66. The molecule has 1 aromatic heterocycles. The van der Waals surface area contributed by atoms with Crippen LogP contribution in [0.2, 0.25) is 0 Å². The Balaban J connectivity index is 1.45. The van der Waals surface area contributed by atoms with E-state index in [9.17, 15) is 14.7 Å². The van der Waals surface area contributed by atoms with Crippen LogP contribution in [-0.2, 0) is 14.3 Å². The van der Waals surface area contributed by atoms with E-state index in [1.165, 1.54) is 0 Å². The Kier molecular flexibility index (Phi) is 3.75. The van der Waals surface area contributed by atoms with E-state index in [4.69, 9.17) is 4.74 Å². The number of aliphatic hydroxyl groups excluding tert-OH is 1. The number of benzene rings is 1. The molecule has 1 aliphatic carbocycles. The molecular formula is C23H22N4O4. The first kappa shape index (κ1) is 18.7. The number of piperazine rings is 1. The number of hydrogen-bond acceptors (Lipinski definition) is 8. The molecule has 4 atom stereocenters. The highest BCUT2D eigenvalue weighted by atomic mass is 16.5.